The quantitative estimate of drug-likeness (QED) is 0.748. The van der Waals surface area contributed by atoms with Crippen LogP contribution in [0.4, 0.5) is 5.69 Å². The van der Waals surface area contributed by atoms with E-state index in [2.05, 4.69) is 15.5 Å². The first-order chi connectivity index (χ1) is 11.6. The maximum atomic E-state index is 11.7. The van der Waals surface area contributed by atoms with Gasteiger partial charge in [0.25, 0.3) is 5.91 Å². The number of hydrogen-bond donors (Lipinski definition) is 1. The van der Waals surface area contributed by atoms with Gasteiger partial charge in [0.1, 0.15) is 0 Å². The van der Waals surface area contributed by atoms with E-state index < -0.39 is 0 Å². The van der Waals surface area contributed by atoms with Crippen molar-refractivity contribution in [3.63, 3.8) is 0 Å². The number of anilines is 1. The standard InChI is InChI=1S/C17H18N4O3/c1-21(2)13-7-5-12(6-8-13)16-19-15(24-20-16)9-10-18-17(22)14-4-3-11-23-14/h3-8,11H,9-10H2,1-2H3,(H,18,22). The van der Waals surface area contributed by atoms with E-state index in [1.165, 1.54) is 6.26 Å². The summed E-state index contributed by atoms with van der Waals surface area (Å²) in [6.45, 7) is 0.390. The fraction of sp³-hybridized carbons (Fsp3) is 0.235. The maximum absolute atomic E-state index is 11.7. The monoisotopic (exact) mass is 326 g/mol. The summed E-state index contributed by atoms with van der Waals surface area (Å²) in [7, 11) is 3.97. The van der Waals surface area contributed by atoms with Crippen LogP contribution in [0.3, 0.4) is 0 Å². The van der Waals surface area contributed by atoms with Crippen molar-refractivity contribution in [2.45, 2.75) is 6.42 Å². The van der Waals surface area contributed by atoms with E-state index in [0.717, 1.165) is 11.3 Å². The van der Waals surface area contributed by atoms with Crippen molar-refractivity contribution in [1.82, 2.24) is 15.5 Å². The third-order valence-corrected chi connectivity index (χ3v) is 3.48. The number of carbonyl (C=O) groups is 1. The van der Waals surface area contributed by atoms with E-state index in [0.29, 0.717) is 24.7 Å². The Morgan fingerprint density at radius 1 is 1.21 bits per heavy atom. The summed E-state index contributed by atoms with van der Waals surface area (Å²) in [6, 6.07) is 11.2. The van der Waals surface area contributed by atoms with Crippen molar-refractivity contribution in [2.24, 2.45) is 0 Å². The molecule has 7 heteroatoms. The summed E-state index contributed by atoms with van der Waals surface area (Å²) < 4.78 is 10.2. The topological polar surface area (TPSA) is 84.4 Å². The minimum Gasteiger partial charge on any atom is -0.459 e. The molecule has 1 amide bonds. The highest BCUT2D eigenvalue weighted by Crippen LogP contribution is 2.20. The average Bonchev–Trinajstić information content (AvgIpc) is 3.27. The van der Waals surface area contributed by atoms with Crippen molar-refractivity contribution in [1.29, 1.82) is 0 Å². The Kier molecular flexibility index (Phi) is 4.60. The first kappa shape index (κ1) is 15.8. The minimum atomic E-state index is -0.265. The van der Waals surface area contributed by atoms with Gasteiger partial charge in [0, 0.05) is 38.3 Å². The van der Waals surface area contributed by atoms with E-state index in [4.69, 9.17) is 8.94 Å². The van der Waals surface area contributed by atoms with E-state index in [1.54, 1.807) is 12.1 Å². The number of nitrogens with one attached hydrogen (secondary N) is 1. The van der Waals surface area contributed by atoms with Crippen molar-refractivity contribution in [2.75, 3.05) is 25.5 Å². The molecule has 3 aromatic rings. The summed E-state index contributed by atoms with van der Waals surface area (Å²) in [4.78, 5) is 18.1. The molecule has 0 fully saturated rings. The van der Waals surface area contributed by atoms with Gasteiger partial charge in [0.15, 0.2) is 5.76 Å². The summed E-state index contributed by atoms with van der Waals surface area (Å²) in [5, 5.41) is 6.71. The zero-order chi connectivity index (χ0) is 16.9. The maximum Gasteiger partial charge on any atom is 0.286 e. The molecule has 24 heavy (non-hydrogen) atoms. The Morgan fingerprint density at radius 3 is 2.67 bits per heavy atom. The molecule has 0 unspecified atom stereocenters. The summed E-state index contributed by atoms with van der Waals surface area (Å²) in [6.07, 6.45) is 1.91. The second-order valence-electron chi connectivity index (χ2n) is 5.44. The van der Waals surface area contributed by atoms with Gasteiger partial charge < -0.3 is 19.2 Å². The molecule has 0 saturated carbocycles. The molecule has 0 spiro atoms. The van der Waals surface area contributed by atoms with Gasteiger partial charge in [-0.2, -0.15) is 4.98 Å². The molecule has 3 rings (SSSR count). The molecule has 7 nitrogen and oxygen atoms in total. The molecule has 0 aliphatic heterocycles. The number of aromatic nitrogens is 2. The van der Waals surface area contributed by atoms with Gasteiger partial charge in [-0.15, -0.1) is 0 Å². The molecule has 124 valence electrons. The van der Waals surface area contributed by atoms with Gasteiger partial charge in [0.05, 0.1) is 6.26 Å². The van der Waals surface area contributed by atoms with Crippen LogP contribution in [0.25, 0.3) is 11.4 Å². The Bertz CT molecular complexity index is 792. The minimum absolute atomic E-state index is 0.265. The van der Waals surface area contributed by atoms with Crippen LogP contribution in [0.15, 0.2) is 51.6 Å². The normalized spacial score (nSPS) is 10.6. The van der Waals surface area contributed by atoms with Crippen LogP contribution in [0.1, 0.15) is 16.4 Å². The molecule has 0 bridgehead atoms. The fourth-order valence-corrected chi connectivity index (χ4v) is 2.16. The molecule has 2 aromatic heterocycles. The molecule has 0 atom stereocenters. The van der Waals surface area contributed by atoms with Crippen LogP contribution in [-0.2, 0) is 6.42 Å². The van der Waals surface area contributed by atoms with Gasteiger partial charge in [-0.1, -0.05) is 5.16 Å². The summed E-state index contributed by atoms with van der Waals surface area (Å²) in [5.74, 6) is 1.02. The summed E-state index contributed by atoms with van der Waals surface area (Å²) >= 11 is 0. The van der Waals surface area contributed by atoms with Gasteiger partial charge in [0.2, 0.25) is 11.7 Å². The lowest BCUT2D eigenvalue weighted by Crippen LogP contribution is -2.25. The first-order valence-electron chi connectivity index (χ1n) is 7.55. The van der Waals surface area contributed by atoms with Gasteiger partial charge in [-0.3, -0.25) is 4.79 Å². The fourth-order valence-electron chi connectivity index (χ4n) is 2.16. The van der Waals surface area contributed by atoms with Crippen LogP contribution in [0, 0.1) is 0 Å². The lowest BCUT2D eigenvalue weighted by molar-refractivity contribution is 0.0925. The SMILES string of the molecule is CN(C)c1ccc(-c2noc(CCNC(=O)c3ccco3)n2)cc1. The molecular formula is C17H18N4O3. The number of furan rings is 1. The molecule has 0 aliphatic rings. The molecule has 1 N–H and O–H groups in total. The highest BCUT2D eigenvalue weighted by molar-refractivity contribution is 5.91. The van der Waals surface area contributed by atoms with Gasteiger partial charge >= 0.3 is 0 Å². The van der Waals surface area contributed by atoms with Gasteiger partial charge in [-0.05, 0) is 36.4 Å². The third kappa shape index (κ3) is 3.62. The largest absolute Gasteiger partial charge is 0.459 e. The number of nitrogens with zero attached hydrogens (tertiary/aromatic N) is 3. The average molecular weight is 326 g/mol. The Hall–Kier alpha value is -3.09. The van der Waals surface area contributed by atoms with Crippen LogP contribution < -0.4 is 10.2 Å². The number of hydrogen-bond acceptors (Lipinski definition) is 6. The lowest BCUT2D eigenvalue weighted by Gasteiger charge is -2.11. The van der Waals surface area contributed by atoms with Crippen LogP contribution in [0.2, 0.25) is 0 Å². The van der Waals surface area contributed by atoms with Crippen LogP contribution in [-0.4, -0.2) is 36.7 Å². The second-order valence-corrected chi connectivity index (χ2v) is 5.44. The van der Waals surface area contributed by atoms with Crippen LogP contribution >= 0.6 is 0 Å². The zero-order valence-corrected chi connectivity index (χ0v) is 13.5. The Labute approximate surface area is 139 Å². The molecule has 1 aromatic carbocycles. The predicted octanol–water partition coefficient (Wildman–Crippen LogP) is 2.37. The smallest absolute Gasteiger partial charge is 0.286 e. The van der Waals surface area contributed by atoms with Crippen molar-refractivity contribution in [3.8, 4) is 11.4 Å². The van der Waals surface area contributed by atoms with Gasteiger partial charge in [-0.25, -0.2) is 0 Å². The van der Waals surface area contributed by atoms with E-state index in [1.807, 2.05) is 43.3 Å². The molecule has 2 heterocycles. The Balaban J connectivity index is 1.56. The summed E-state index contributed by atoms with van der Waals surface area (Å²) in [5.41, 5.74) is 1.98. The second kappa shape index (κ2) is 6.99. The zero-order valence-electron chi connectivity index (χ0n) is 13.5. The highest BCUT2D eigenvalue weighted by Gasteiger charge is 2.11. The number of amides is 1. The van der Waals surface area contributed by atoms with E-state index >= 15 is 0 Å². The van der Waals surface area contributed by atoms with Crippen molar-refractivity contribution in [3.05, 3.63) is 54.3 Å². The number of carbonyl (C=O) groups excluding carboxylic acids is 1. The lowest BCUT2D eigenvalue weighted by atomic mass is 10.2. The first-order valence-corrected chi connectivity index (χ1v) is 7.55. The van der Waals surface area contributed by atoms with Crippen LogP contribution in [0.5, 0.6) is 0 Å². The molecule has 0 aliphatic carbocycles. The molecular weight excluding hydrogens is 308 g/mol. The molecule has 0 radical (unpaired) electrons. The van der Waals surface area contributed by atoms with Crippen molar-refractivity contribution < 1.29 is 13.7 Å². The Morgan fingerprint density at radius 2 is 2.00 bits per heavy atom. The predicted molar refractivity (Wildman–Crippen MR) is 88.8 cm³/mol. The highest BCUT2D eigenvalue weighted by atomic mass is 16.5. The number of rotatable bonds is 6. The van der Waals surface area contributed by atoms with E-state index in [9.17, 15) is 4.79 Å². The number of benzene rings is 1. The third-order valence-electron chi connectivity index (χ3n) is 3.48. The molecule has 0 saturated heterocycles. The van der Waals surface area contributed by atoms with E-state index in [-0.39, 0.29) is 11.7 Å². The van der Waals surface area contributed by atoms with Crippen molar-refractivity contribution >= 4 is 11.6 Å².